The molecule has 2 rings (SSSR count). The fourth-order valence-corrected chi connectivity index (χ4v) is 3.40. The first-order valence-corrected chi connectivity index (χ1v) is 7.47. The molecule has 0 aromatic carbocycles. The summed E-state index contributed by atoms with van der Waals surface area (Å²) in [6.45, 7) is 2.03. The summed E-state index contributed by atoms with van der Waals surface area (Å²) >= 11 is 6.77. The van der Waals surface area contributed by atoms with Gasteiger partial charge in [-0.25, -0.2) is 0 Å². The summed E-state index contributed by atoms with van der Waals surface area (Å²) < 4.78 is 2.46. The van der Waals surface area contributed by atoms with Crippen molar-refractivity contribution in [3.05, 3.63) is 20.3 Å². The van der Waals surface area contributed by atoms with Gasteiger partial charge in [-0.3, -0.25) is 14.0 Å². The topological polar surface area (TPSA) is 62.0 Å². The van der Waals surface area contributed by atoms with Crippen LogP contribution in [-0.2, 0) is 0 Å². The van der Waals surface area contributed by atoms with Crippen LogP contribution in [0.3, 0.4) is 0 Å². The van der Waals surface area contributed by atoms with E-state index in [2.05, 4.69) is 9.69 Å². The molecule has 0 saturated heterocycles. The molecule has 1 amide bonds. The van der Waals surface area contributed by atoms with Crippen molar-refractivity contribution in [2.24, 2.45) is 5.92 Å². The van der Waals surface area contributed by atoms with Crippen LogP contribution in [0.2, 0.25) is 5.02 Å². The maximum absolute atomic E-state index is 12.0. The van der Waals surface area contributed by atoms with Crippen LogP contribution in [0.15, 0.2) is 4.79 Å². The van der Waals surface area contributed by atoms with Crippen LogP contribution >= 0.6 is 23.1 Å². The summed E-state index contributed by atoms with van der Waals surface area (Å²) in [7, 11) is 0. The van der Waals surface area contributed by atoms with Crippen molar-refractivity contribution >= 4 is 29.0 Å². The highest BCUT2D eigenvalue weighted by Crippen LogP contribution is 2.26. The van der Waals surface area contributed by atoms with Gasteiger partial charge in [-0.2, -0.15) is 0 Å². The molecule has 0 radical (unpaired) electrons. The van der Waals surface area contributed by atoms with E-state index in [9.17, 15) is 9.59 Å². The fourth-order valence-electron chi connectivity index (χ4n) is 2.46. The zero-order valence-corrected chi connectivity index (χ0v) is 11.9. The summed E-state index contributed by atoms with van der Waals surface area (Å²) in [4.78, 5) is 23.4. The molecule has 6 heteroatoms. The predicted molar refractivity (Wildman–Crippen MR) is 73.5 cm³/mol. The van der Waals surface area contributed by atoms with Crippen molar-refractivity contribution in [1.82, 2.24) is 9.69 Å². The Hall–Kier alpha value is -0.810. The summed E-state index contributed by atoms with van der Waals surface area (Å²) in [5.74, 6) is 0.290. The molecule has 1 fully saturated rings. The minimum Gasteiger partial charge on any atom is -0.349 e. The number of H-pyrrole nitrogens is 1. The van der Waals surface area contributed by atoms with Gasteiger partial charge in [0.2, 0.25) is 0 Å². The minimum atomic E-state index is -0.392. The molecular weight excluding hydrogens is 272 g/mol. The van der Waals surface area contributed by atoms with Gasteiger partial charge in [0.15, 0.2) is 0 Å². The van der Waals surface area contributed by atoms with E-state index in [1.54, 1.807) is 0 Å². The van der Waals surface area contributed by atoms with Gasteiger partial charge in [0.25, 0.3) is 11.5 Å². The quantitative estimate of drug-likeness (QED) is 0.898. The molecule has 1 aliphatic rings. The van der Waals surface area contributed by atoms with E-state index in [0.717, 1.165) is 11.5 Å². The molecule has 4 nitrogen and oxygen atoms in total. The molecule has 1 aliphatic carbocycles. The molecule has 0 spiro atoms. The van der Waals surface area contributed by atoms with Crippen LogP contribution < -0.4 is 10.9 Å². The Morgan fingerprint density at radius 3 is 2.67 bits per heavy atom. The zero-order chi connectivity index (χ0) is 13.1. The second-order valence-electron chi connectivity index (χ2n) is 4.84. The number of nitrogens with one attached hydrogen (secondary N) is 2. The largest absolute Gasteiger partial charge is 0.349 e. The van der Waals surface area contributed by atoms with E-state index in [1.807, 2.05) is 6.92 Å². The average molecular weight is 289 g/mol. The lowest BCUT2D eigenvalue weighted by atomic mass is 9.84. The summed E-state index contributed by atoms with van der Waals surface area (Å²) in [5.41, 5.74) is -0.392. The molecule has 1 saturated carbocycles. The molecule has 1 unspecified atom stereocenters. The first-order chi connectivity index (χ1) is 8.59. The maximum atomic E-state index is 12.0. The number of hydrogen-bond acceptors (Lipinski definition) is 3. The predicted octanol–water partition coefficient (Wildman–Crippen LogP) is 2.79. The number of amides is 1. The van der Waals surface area contributed by atoms with Gasteiger partial charge in [0.05, 0.1) is 0 Å². The van der Waals surface area contributed by atoms with Crippen LogP contribution in [0.1, 0.15) is 48.7 Å². The van der Waals surface area contributed by atoms with Crippen LogP contribution in [0.4, 0.5) is 0 Å². The Balaban J connectivity index is 1.98. The normalized spacial score (nSPS) is 18.6. The van der Waals surface area contributed by atoms with E-state index in [-0.39, 0.29) is 21.8 Å². The Kier molecular flexibility index (Phi) is 4.45. The highest BCUT2D eigenvalue weighted by molar-refractivity contribution is 7.08. The molecular formula is C12H17ClN2O2S. The van der Waals surface area contributed by atoms with Crippen molar-refractivity contribution < 1.29 is 4.79 Å². The monoisotopic (exact) mass is 288 g/mol. The lowest BCUT2D eigenvalue weighted by Gasteiger charge is -2.28. The smallest absolute Gasteiger partial charge is 0.277 e. The maximum Gasteiger partial charge on any atom is 0.277 e. The van der Waals surface area contributed by atoms with Gasteiger partial charge in [-0.05, 0) is 25.7 Å². The minimum absolute atomic E-state index is 0.00616. The molecule has 18 heavy (non-hydrogen) atoms. The fraction of sp³-hybridized carbons (Fsp3) is 0.667. The van der Waals surface area contributed by atoms with E-state index in [4.69, 9.17) is 11.6 Å². The SMILES string of the molecule is CC(NC(=O)c1s[nH]c(=O)c1Cl)C1CCCCC1. The third kappa shape index (κ3) is 2.95. The van der Waals surface area contributed by atoms with E-state index in [0.29, 0.717) is 5.92 Å². The van der Waals surface area contributed by atoms with Gasteiger partial charge in [0.1, 0.15) is 9.90 Å². The molecule has 0 aliphatic heterocycles. The van der Waals surface area contributed by atoms with Crippen molar-refractivity contribution in [3.8, 4) is 0 Å². The number of rotatable bonds is 3. The Morgan fingerprint density at radius 1 is 1.44 bits per heavy atom. The van der Waals surface area contributed by atoms with Crippen LogP contribution in [0.5, 0.6) is 0 Å². The lowest BCUT2D eigenvalue weighted by molar-refractivity contribution is 0.0923. The summed E-state index contributed by atoms with van der Waals surface area (Å²) in [5, 5.41) is 2.94. The second-order valence-corrected chi connectivity index (χ2v) is 6.03. The zero-order valence-electron chi connectivity index (χ0n) is 10.3. The molecule has 0 bridgehead atoms. The van der Waals surface area contributed by atoms with Crippen molar-refractivity contribution in [1.29, 1.82) is 0 Å². The summed E-state index contributed by atoms with van der Waals surface area (Å²) in [6.07, 6.45) is 6.10. The first kappa shape index (κ1) is 13.6. The Bertz CT molecular complexity index is 477. The highest BCUT2D eigenvalue weighted by atomic mass is 35.5. The van der Waals surface area contributed by atoms with Crippen LogP contribution in [-0.4, -0.2) is 16.3 Å². The average Bonchev–Trinajstić information content (AvgIpc) is 2.71. The van der Waals surface area contributed by atoms with Gasteiger partial charge < -0.3 is 5.32 Å². The van der Waals surface area contributed by atoms with Gasteiger partial charge in [-0.1, -0.05) is 42.4 Å². The molecule has 1 aromatic heterocycles. The van der Waals surface area contributed by atoms with Gasteiger partial charge in [-0.15, -0.1) is 0 Å². The van der Waals surface area contributed by atoms with Gasteiger partial charge >= 0.3 is 0 Å². The molecule has 1 heterocycles. The number of hydrogen-bond donors (Lipinski definition) is 2. The molecule has 2 N–H and O–H groups in total. The number of carbonyl (C=O) groups is 1. The number of halogens is 1. The number of aromatic amines is 1. The van der Waals surface area contributed by atoms with Crippen molar-refractivity contribution in [2.45, 2.75) is 45.1 Å². The van der Waals surface area contributed by atoms with E-state index >= 15 is 0 Å². The Labute approximate surface area is 115 Å². The Morgan fingerprint density at radius 2 is 2.11 bits per heavy atom. The van der Waals surface area contributed by atoms with E-state index < -0.39 is 5.56 Å². The number of carbonyl (C=O) groups excluding carboxylic acids is 1. The summed E-state index contributed by atoms with van der Waals surface area (Å²) in [6, 6.07) is 0.131. The molecule has 1 aromatic rings. The standard InChI is InChI=1S/C12H17ClN2O2S/c1-7(8-5-3-2-4-6-8)14-12(17)10-9(13)11(16)15-18-10/h7-8H,2-6H2,1H3,(H,14,17)(H,15,16). The van der Waals surface area contributed by atoms with Crippen LogP contribution in [0, 0.1) is 5.92 Å². The molecule has 1 atom stereocenters. The van der Waals surface area contributed by atoms with Crippen LogP contribution in [0.25, 0.3) is 0 Å². The lowest BCUT2D eigenvalue weighted by Crippen LogP contribution is -2.38. The molecule has 100 valence electrons. The first-order valence-electron chi connectivity index (χ1n) is 6.27. The third-order valence-corrected chi connectivity index (χ3v) is 4.92. The highest BCUT2D eigenvalue weighted by Gasteiger charge is 2.24. The van der Waals surface area contributed by atoms with E-state index in [1.165, 1.54) is 32.1 Å². The van der Waals surface area contributed by atoms with Crippen molar-refractivity contribution in [2.75, 3.05) is 0 Å². The van der Waals surface area contributed by atoms with Gasteiger partial charge in [0, 0.05) is 6.04 Å². The second kappa shape index (κ2) is 5.89. The third-order valence-electron chi connectivity index (χ3n) is 3.57. The van der Waals surface area contributed by atoms with Crippen molar-refractivity contribution in [3.63, 3.8) is 0 Å². The number of aromatic nitrogens is 1.